The van der Waals surface area contributed by atoms with Crippen LogP contribution in [0.1, 0.15) is 26.2 Å². The van der Waals surface area contributed by atoms with Crippen molar-refractivity contribution in [2.45, 2.75) is 32.2 Å². The van der Waals surface area contributed by atoms with Crippen molar-refractivity contribution in [1.29, 1.82) is 0 Å². The quantitative estimate of drug-likeness (QED) is 0.658. The Hall–Kier alpha value is -1.10. The van der Waals surface area contributed by atoms with E-state index in [1.165, 1.54) is 0 Å². The Labute approximate surface area is 90.0 Å². The highest BCUT2D eigenvalue weighted by atomic mass is 16.2. The highest BCUT2D eigenvalue weighted by Crippen LogP contribution is 2.03. The van der Waals surface area contributed by atoms with E-state index in [-0.39, 0.29) is 18.4 Å². The van der Waals surface area contributed by atoms with Gasteiger partial charge in [0, 0.05) is 13.1 Å². The number of nitrogens with two attached hydrogens (primary N) is 1. The molecule has 0 aromatic carbocycles. The summed E-state index contributed by atoms with van der Waals surface area (Å²) in [4.78, 5) is 24.4. The first-order valence-corrected chi connectivity index (χ1v) is 5.46. The Balaban J connectivity index is 2.40. The molecule has 1 saturated heterocycles. The normalized spacial score (nSPS) is 18.5. The van der Waals surface area contributed by atoms with Gasteiger partial charge in [0.25, 0.3) is 0 Å². The van der Waals surface area contributed by atoms with Gasteiger partial charge in [-0.25, -0.2) is 0 Å². The van der Waals surface area contributed by atoms with Gasteiger partial charge in [0.1, 0.15) is 0 Å². The highest BCUT2D eigenvalue weighted by molar-refractivity contribution is 5.88. The molecule has 2 amide bonds. The maximum Gasteiger partial charge on any atom is 0.240 e. The molecule has 5 nitrogen and oxygen atoms in total. The first-order chi connectivity index (χ1) is 7.15. The Morgan fingerprint density at radius 3 is 3.00 bits per heavy atom. The fourth-order valence-corrected chi connectivity index (χ4v) is 1.61. The van der Waals surface area contributed by atoms with E-state index in [0.29, 0.717) is 19.5 Å². The van der Waals surface area contributed by atoms with E-state index in [4.69, 9.17) is 5.73 Å². The topological polar surface area (TPSA) is 75.4 Å². The predicted octanol–water partition coefficient (Wildman–Crippen LogP) is -0.538. The van der Waals surface area contributed by atoms with Gasteiger partial charge in [-0.05, 0) is 6.42 Å². The van der Waals surface area contributed by atoms with E-state index in [2.05, 4.69) is 12.2 Å². The second-order valence-corrected chi connectivity index (χ2v) is 3.86. The van der Waals surface area contributed by atoms with Crippen LogP contribution in [0.5, 0.6) is 0 Å². The zero-order valence-corrected chi connectivity index (χ0v) is 9.16. The summed E-state index contributed by atoms with van der Waals surface area (Å²) in [5.74, 6) is -0.199. The van der Waals surface area contributed by atoms with Crippen LogP contribution in [0.2, 0.25) is 0 Å². The molecular weight excluding hydrogens is 194 g/mol. The van der Waals surface area contributed by atoms with Crippen molar-refractivity contribution in [3.05, 3.63) is 0 Å². The van der Waals surface area contributed by atoms with Gasteiger partial charge in [-0.15, -0.1) is 0 Å². The fraction of sp³-hybridized carbons (Fsp3) is 0.800. The van der Waals surface area contributed by atoms with Crippen LogP contribution >= 0.6 is 0 Å². The molecule has 1 aliphatic rings. The smallest absolute Gasteiger partial charge is 0.240 e. The zero-order chi connectivity index (χ0) is 11.3. The number of piperazine rings is 1. The molecule has 0 unspecified atom stereocenters. The van der Waals surface area contributed by atoms with Crippen LogP contribution in [0, 0.1) is 0 Å². The van der Waals surface area contributed by atoms with E-state index in [9.17, 15) is 9.59 Å². The van der Waals surface area contributed by atoms with Crippen molar-refractivity contribution in [1.82, 2.24) is 10.2 Å². The summed E-state index contributed by atoms with van der Waals surface area (Å²) in [5, 5.41) is 2.68. The van der Waals surface area contributed by atoms with Crippen LogP contribution in [0.15, 0.2) is 0 Å². The Bertz CT molecular complexity index is 243. The van der Waals surface area contributed by atoms with Gasteiger partial charge in [-0.2, -0.15) is 0 Å². The third-order valence-electron chi connectivity index (χ3n) is 2.54. The molecule has 0 aliphatic carbocycles. The van der Waals surface area contributed by atoms with E-state index in [1.807, 2.05) is 0 Å². The molecule has 1 heterocycles. The van der Waals surface area contributed by atoms with Gasteiger partial charge < -0.3 is 16.0 Å². The highest BCUT2D eigenvalue weighted by Gasteiger charge is 2.24. The number of hydrogen-bond acceptors (Lipinski definition) is 3. The molecule has 3 N–H and O–H groups in total. The lowest BCUT2D eigenvalue weighted by Crippen LogP contribution is -2.54. The van der Waals surface area contributed by atoms with Crippen LogP contribution < -0.4 is 11.1 Å². The molecule has 0 aromatic heterocycles. The summed E-state index contributed by atoms with van der Waals surface area (Å²) < 4.78 is 0. The standard InChI is InChI=1S/C10H19N3O2/c1-2-3-4-8(11)10(15)13-6-5-12-9(14)7-13/h8H,2-7,11H2,1H3,(H,12,14)/t8-/m0/s1. The van der Waals surface area contributed by atoms with E-state index in [1.54, 1.807) is 4.90 Å². The number of nitrogens with zero attached hydrogens (tertiary/aromatic N) is 1. The molecule has 86 valence electrons. The lowest BCUT2D eigenvalue weighted by Gasteiger charge is -2.28. The zero-order valence-electron chi connectivity index (χ0n) is 9.16. The number of carbonyl (C=O) groups excluding carboxylic acids is 2. The van der Waals surface area contributed by atoms with Crippen LogP contribution in [-0.4, -0.2) is 42.4 Å². The molecule has 0 saturated carbocycles. The number of carbonyl (C=O) groups is 2. The Morgan fingerprint density at radius 2 is 2.40 bits per heavy atom. The van der Waals surface area contributed by atoms with Crippen molar-refractivity contribution in [3.8, 4) is 0 Å². The molecule has 5 heteroatoms. The minimum Gasteiger partial charge on any atom is -0.353 e. The Morgan fingerprint density at radius 1 is 1.67 bits per heavy atom. The second kappa shape index (κ2) is 5.70. The number of nitrogens with one attached hydrogen (secondary N) is 1. The van der Waals surface area contributed by atoms with Crippen molar-refractivity contribution in [2.24, 2.45) is 5.73 Å². The maximum absolute atomic E-state index is 11.8. The van der Waals surface area contributed by atoms with E-state index in [0.717, 1.165) is 12.8 Å². The monoisotopic (exact) mass is 213 g/mol. The van der Waals surface area contributed by atoms with Crippen LogP contribution in [0.25, 0.3) is 0 Å². The summed E-state index contributed by atoms with van der Waals surface area (Å²) in [6, 6.07) is -0.448. The molecule has 0 bridgehead atoms. The largest absolute Gasteiger partial charge is 0.353 e. The summed E-state index contributed by atoms with van der Waals surface area (Å²) in [6.07, 6.45) is 2.68. The van der Waals surface area contributed by atoms with Gasteiger partial charge >= 0.3 is 0 Å². The summed E-state index contributed by atoms with van der Waals surface area (Å²) >= 11 is 0. The first kappa shape index (κ1) is 12.0. The number of unbranched alkanes of at least 4 members (excludes halogenated alkanes) is 1. The summed E-state index contributed by atoms with van der Waals surface area (Å²) in [6.45, 7) is 3.32. The number of hydrogen-bond donors (Lipinski definition) is 2. The molecule has 1 rings (SSSR count). The first-order valence-electron chi connectivity index (χ1n) is 5.46. The van der Waals surface area contributed by atoms with E-state index < -0.39 is 6.04 Å². The van der Waals surface area contributed by atoms with Gasteiger partial charge in [0.15, 0.2) is 0 Å². The van der Waals surface area contributed by atoms with Gasteiger partial charge in [-0.1, -0.05) is 19.8 Å². The predicted molar refractivity (Wildman–Crippen MR) is 57.1 cm³/mol. The summed E-state index contributed by atoms with van der Waals surface area (Å²) in [7, 11) is 0. The van der Waals surface area contributed by atoms with Crippen LogP contribution in [0.4, 0.5) is 0 Å². The van der Waals surface area contributed by atoms with Crippen LogP contribution in [0.3, 0.4) is 0 Å². The lowest BCUT2D eigenvalue weighted by atomic mass is 10.1. The fourth-order valence-electron chi connectivity index (χ4n) is 1.61. The molecule has 1 atom stereocenters. The average molecular weight is 213 g/mol. The van der Waals surface area contributed by atoms with Crippen molar-refractivity contribution in [2.75, 3.05) is 19.6 Å². The van der Waals surface area contributed by atoms with Crippen molar-refractivity contribution in [3.63, 3.8) is 0 Å². The Kier molecular flexibility index (Phi) is 4.55. The molecule has 0 aromatic rings. The van der Waals surface area contributed by atoms with Gasteiger partial charge in [0.2, 0.25) is 11.8 Å². The molecule has 1 fully saturated rings. The third-order valence-corrected chi connectivity index (χ3v) is 2.54. The SMILES string of the molecule is CCCC[C@H](N)C(=O)N1CCNC(=O)C1. The van der Waals surface area contributed by atoms with E-state index >= 15 is 0 Å². The summed E-state index contributed by atoms with van der Waals surface area (Å²) in [5.41, 5.74) is 5.76. The maximum atomic E-state index is 11.8. The molecule has 0 radical (unpaired) electrons. The minimum absolute atomic E-state index is 0.0988. The molecule has 1 aliphatic heterocycles. The van der Waals surface area contributed by atoms with Crippen molar-refractivity contribution < 1.29 is 9.59 Å². The molecule has 0 spiro atoms. The lowest BCUT2D eigenvalue weighted by molar-refractivity contribution is -0.139. The molecular formula is C10H19N3O2. The van der Waals surface area contributed by atoms with Gasteiger partial charge in [0.05, 0.1) is 12.6 Å². The minimum atomic E-state index is -0.448. The number of amides is 2. The van der Waals surface area contributed by atoms with Gasteiger partial charge in [-0.3, -0.25) is 9.59 Å². The van der Waals surface area contributed by atoms with Crippen LogP contribution in [-0.2, 0) is 9.59 Å². The molecule has 15 heavy (non-hydrogen) atoms. The second-order valence-electron chi connectivity index (χ2n) is 3.86. The van der Waals surface area contributed by atoms with Crippen molar-refractivity contribution >= 4 is 11.8 Å². The average Bonchev–Trinajstić information content (AvgIpc) is 2.24. The number of rotatable bonds is 4. The third kappa shape index (κ3) is 3.51.